The fraction of sp³-hybridized carbons (Fsp3) is 0.273. The Morgan fingerprint density at radius 3 is 2.65 bits per heavy atom. The monoisotopic (exact) mass is 237 g/mol. The van der Waals surface area contributed by atoms with Gasteiger partial charge in [0.05, 0.1) is 12.2 Å². The number of benzene rings is 1. The van der Waals surface area contributed by atoms with Crippen molar-refractivity contribution in [1.82, 2.24) is 5.43 Å². The third kappa shape index (κ3) is 4.12. The standard InChI is InChI=1S/C11H15N3O3/c12-10(15)6-3-7-17-9-5-2-1-4-8(9)11(16)14-13/h1-2,4-5H,3,6-7,13H2,(H2,12,15)(H,14,16). The van der Waals surface area contributed by atoms with Gasteiger partial charge in [-0.2, -0.15) is 0 Å². The summed E-state index contributed by atoms with van der Waals surface area (Å²) in [6.45, 7) is 0.317. The van der Waals surface area contributed by atoms with E-state index in [1.165, 1.54) is 0 Å². The predicted octanol–water partition coefficient (Wildman–Crippen LogP) is -0.0656. The van der Waals surface area contributed by atoms with Gasteiger partial charge in [-0.1, -0.05) is 12.1 Å². The average Bonchev–Trinajstić information content (AvgIpc) is 2.34. The number of amides is 2. The van der Waals surface area contributed by atoms with E-state index in [1.807, 2.05) is 5.43 Å². The molecule has 0 aliphatic heterocycles. The number of nitrogen functional groups attached to an aromatic ring is 1. The van der Waals surface area contributed by atoms with E-state index in [4.69, 9.17) is 16.3 Å². The molecule has 6 nitrogen and oxygen atoms in total. The van der Waals surface area contributed by atoms with Gasteiger partial charge in [-0.25, -0.2) is 5.84 Å². The van der Waals surface area contributed by atoms with Crippen molar-refractivity contribution in [3.05, 3.63) is 29.8 Å². The van der Waals surface area contributed by atoms with Crippen LogP contribution in [0.5, 0.6) is 5.75 Å². The van der Waals surface area contributed by atoms with Crippen molar-refractivity contribution in [2.45, 2.75) is 12.8 Å². The first-order valence-corrected chi connectivity index (χ1v) is 5.16. The van der Waals surface area contributed by atoms with Crippen LogP contribution in [0.1, 0.15) is 23.2 Å². The molecule has 0 heterocycles. The Bertz CT molecular complexity index is 407. The number of nitrogens with two attached hydrogens (primary N) is 2. The quantitative estimate of drug-likeness (QED) is 0.278. The molecule has 6 heteroatoms. The topological polar surface area (TPSA) is 107 Å². The predicted molar refractivity (Wildman–Crippen MR) is 62.0 cm³/mol. The molecular formula is C11H15N3O3. The molecule has 0 bridgehead atoms. The highest BCUT2D eigenvalue weighted by molar-refractivity contribution is 5.96. The number of hydrazine groups is 1. The Balaban J connectivity index is 2.58. The fourth-order valence-electron chi connectivity index (χ4n) is 1.29. The Morgan fingerprint density at radius 2 is 2.00 bits per heavy atom. The molecule has 92 valence electrons. The summed E-state index contributed by atoms with van der Waals surface area (Å²) >= 11 is 0. The first-order chi connectivity index (χ1) is 8.15. The van der Waals surface area contributed by atoms with E-state index in [0.29, 0.717) is 24.3 Å². The molecule has 0 aliphatic carbocycles. The lowest BCUT2D eigenvalue weighted by Gasteiger charge is -2.09. The lowest BCUT2D eigenvalue weighted by molar-refractivity contribution is -0.118. The average molecular weight is 237 g/mol. The molecule has 0 aliphatic rings. The number of ether oxygens (including phenoxy) is 1. The highest BCUT2D eigenvalue weighted by Crippen LogP contribution is 2.17. The van der Waals surface area contributed by atoms with Crippen molar-refractivity contribution >= 4 is 11.8 Å². The van der Waals surface area contributed by atoms with Crippen LogP contribution in [0.4, 0.5) is 0 Å². The maximum atomic E-state index is 11.4. The van der Waals surface area contributed by atoms with Crippen LogP contribution in [0.15, 0.2) is 24.3 Å². The number of hydrogen-bond donors (Lipinski definition) is 3. The maximum Gasteiger partial charge on any atom is 0.268 e. The summed E-state index contributed by atoms with van der Waals surface area (Å²) in [5, 5.41) is 0. The van der Waals surface area contributed by atoms with E-state index in [0.717, 1.165) is 0 Å². The van der Waals surface area contributed by atoms with Gasteiger partial charge in [-0.3, -0.25) is 15.0 Å². The highest BCUT2D eigenvalue weighted by atomic mass is 16.5. The minimum Gasteiger partial charge on any atom is -0.493 e. The van der Waals surface area contributed by atoms with Gasteiger partial charge in [-0.15, -0.1) is 0 Å². The van der Waals surface area contributed by atoms with Gasteiger partial charge in [0.2, 0.25) is 5.91 Å². The van der Waals surface area contributed by atoms with Gasteiger partial charge in [-0.05, 0) is 18.6 Å². The molecule has 0 radical (unpaired) electrons. The van der Waals surface area contributed by atoms with Gasteiger partial charge < -0.3 is 10.5 Å². The summed E-state index contributed by atoms with van der Waals surface area (Å²) in [7, 11) is 0. The lowest BCUT2D eigenvalue weighted by atomic mass is 10.2. The van der Waals surface area contributed by atoms with Crippen LogP contribution in [-0.4, -0.2) is 18.4 Å². The molecule has 1 aromatic carbocycles. The van der Waals surface area contributed by atoms with Crippen molar-refractivity contribution < 1.29 is 14.3 Å². The summed E-state index contributed by atoms with van der Waals surface area (Å²) in [6.07, 6.45) is 0.763. The van der Waals surface area contributed by atoms with E-state index >= 15 is 0 Å². The van der Waals surface area contributed by atoms with Crippen LogP contribution in [0.3, 0.4) is 0 Å². The maximum absolute atomic E-state index is 11.4. The van der Waals surface area contributed by atoms with Crippen molar-refractivity contribution in [3.8, 4) is 5.75 Å². The number of nitrogens with one attached hydrogen (secondary N) is 1. The number of carbonyl (C=O) groups is 2. The van der Waals surface area contributed by atoms with Crippen LogP contribution < -0.4 is 21.7 Å². The summed E-state index contributed by atoms with van der Waals surface area (Å²) in [5.74, 6) is 4.69. The summed E-state index contributed by atoms with van der Waals surface area (Å²) in [4.78, 5) is 21.9. The largest absolute Gasteiger partial charge is 0.493 e. The number of primary amides is 1. The molecule has 0 fully saturated rings. The number of para-hydroxylation sites is 1. The second-order valence-electron chi connectivity index (χ2n) is 3.39. The van der Waals surface area contributed by atoms with Gasteiger partial charge in [0.15, 0.2) is 0 Å². The highest BCUT2D eigenvalue weighted by Gasteiger charge is 2.10. The summed E-state index contributed by atoms with van der Waals surface area (Å²) < 4.78 is 5.39. The van der Waals surface area contributed by atoms with E-state index in [1.54, 1.807) is 24.3 Å². The van der Waals surface area contributed by atoms with E-state index < -0.39 is 5.91 Å². The summed E-state index contributed by atoms with van der Waals surface area (Å²) in [6, 6.07) is 6.72. The third-order valence-corrected chi connectivity index (χ3v) is 2.09. The first kappa shape index (κ1) is 13.0. The molecule has 2 amide bonds. The minimum absolute atomic E-state index is 0.255. The first-order valence-electron chi connectivity index (χ1n) is 5.16. The normalized spacial score (nSPS) is 9.71. The molecule has 1 rings (SSSR count). The van der Waals surface area contributed by atoms with E-state index in [2.05, 4.69) is 0 Å². The Hall–Kier alpha value is -2.08. The molecule has 0 saturated carbocycles. The van der Waals surface area contributed by atoms with Crippen LogP contribution in [0, 0.1) is 0 Å². The Labute approximate surface area is 98.9 Å². The Kier molecular flexibility index (Phi) is 4.96. The van der Waals surface area contributed by atoms with Crippen molar-refractivity contribution in [2.24, 2.45) is 11.6 Å². The number of carbonyl (C=O) groups excluding carboxylic acids is 2. The number of hydrogen-bond acceptors (Lipinski definition) is 4. The lowest BCUT2D eigenvalue weighted by Crippen LogP contribution is -2.30. The van der Waals surface area contributed by atoms with Gasteiger partial charge in [0, 0.05) is 6.42 Å². The van der Waals surface area contributed by atoms with E-state index in [-0.39, 0.29) is 12.3 Å². The Morgan fingerprint density at radius 1 is 1.29 bits per heavy atom. The molecule has 0 unspecified atom stereocenters. The van der Waals surface area contributed by atoms with Gasteiger partial charge in [0.25, 0.3) is 5.91 Å². The molecule has 0 saturated heterocycles. The molecule has 1 aromatic rings. The fourth-order valence-corrected chi connectivity index (χ4v) is 1.29. The smallest absolute Gasteiger partial charge is 0.268 e. The molecule has 17 heavy (non-hydrogen) atoms. The second-order valence-corrected chi connectivity index (χ2v) is 3.39. The zero-order chi connectivity index (χ0) is 12.7. The minimum atomic E-state index is -0.421. The van der Waals surface area contributed by atoms with Crippen molar-refractivity contribution in [1.29, 1.82) is 0 Å². The molecule has 5 N–H and O–H groups in total. The third-order valence-electron chi connectivity index (χ3n) is 2.09. The van der Waals surface area contributed by atoms with E-state index in [9.17, 15) is 9.59 Å². The van der Waals surface area contributed by atoms with Crippen LogP contribution in [0.2, 0.25) is 0 Å². The zero-order valence-electron chi connectivity index (χ0n) is 9.31. The molecule has 0 spiro atoms. The summed E-state index contributed by atoms with van der Waals surface area (Å²) in [5.41, 5.74) is 7.39. The van der Waals surface area contributed by atoms with Gasteiger partial charge >= 0.3 is 0 Å². The SMILES string of the molecule is NNC(=O)c1ccccc1OCCCC(N)=O. The van der Waals surface area contributed by atoms with Crippen LogP contribution in [0.25, 0.3) is 0 Å². The zero-order valence-corrected chi connectivity index (χ0v) is 9.31. The second kappa shape index (κ2) is 6.49. The van der Waals surface area contributed by atoms with Crippen LogP contribution >= 0.6 is 0 Å². The number of rotatable bonds is 6. The molecular weight excluding hydrogens is 222 g/mol. The van der Waals surface area contributed by atoms with Gasteiger partial charge in [0.1, 0.15) is 5.75 Å². The van der Waals surface area contributed by atoms with Crippen molar-refractivity contribution in [2.75, 3.05) is 6.61 Å². The molecule has 0 atom stereocenters. The molecule has 0 aromatic heterocycles. The van der Waals surface area contributed by atoms with Crippen LogP contribution in [-0.2, 0) is 4.79 Å². The van der Waals surface area contributed by atoms with Crippen molar-refractivity contribution in [3.63, 3.8) is 0 Å².